The maximum Gasteiger partial charge on any atom is 0.243 e. The monoisotopic (exact) mass is 421 g/mol. The van der Waals surface area contributed by atoms with E-state index >= 15 is 0 Å². The van der Waals surface area contributed by atoms with Crippen LogP contribution in [-0.4, -0.2) is 56.3 Å². The van der Waals surface area contributed by atoms with Gasteiger partial charge in [0.2, 0.25) is 15.9 Å². The Morgan fingerprint density at radius 1 is 1.12 bits per heavy atom. The number of hydrogen-bond donors (Lipinski definition) is 1. The highest BCUT2D eigenvalue weighted by atomic mass is 35.5. The van der Waals surface area contributed by atoms with E-state index in [-0.39, 0.29) is 35.0 Å². The number of halogens is 2. The Morgan fingerprint density at radius 2 is 1.73 bits per heavy atom. The van der Waals surface area contributed by atoms with Crippen molar-refractivity contribution in [3.05, 3.63) is 29.3 Å². The van der Waals surface area contributed by atoms with Gasteiger partial charge in [0.25, 0.3) is 0 Å². The first-order chi connectivity index (χ1) is 11.9. The van der Waals surface area contributed by atoms with Crippen LogP contribution in [-0.2, 0) is 14.8 Å². The molecule has 146 valence electrons. The summed E-state index contributed by atoms with van der Waals surface area (Å²) < 4.78 is 26.8. The number of rotatable bonds is 4. The Labute approximate surface area is 166 Å². The van der Waals surface area contributed by atoms with E-state index in [1.807, 2.05) is 0 Å². The van der Waals surface area contributed by atoms with Gasteiger partial charge < -0.3 is 10.6 Å². The number of sulfonamides is 1. The highest BCUT2D eigenvalue weighted by Gasteiger charge is 2.37. The number of nitrogens with zero attached hydrogens (tertiary/aromatic N) is 2. The Morgan fingerprint density at radius 3 is 2.31 bits per heavy atom. The van der Waals surface area contributed by atoms with Gasteiger partial charge in [-0.05, 0) is 49.6 Å². The van der Waals surface area contributed by atoms with E-state index in [1.54, 1.807) is 17.0 Å². The molecule has 1 aliphatic carbocycles. The normalized spacial score (nSPS) is 24.3. The smallest absolute Gasteiger partial charge is 0.243 e. The van der Waals surface area contributed by atoms with Gasteiger partial charge in [-0.25, -0.2) is 8.42 Å². The summed E-state index contributed by atoms with van der Waals surface area (Å²) >= 11 is 5.83. The highest BCUT2D eigenvalue weighted by molar-refractivity contribution is 7.89. The van der Waals surface area contributed by atoms with Crippen LogP contribution in [0.25, 0.3) is 0 Å². The molecule has 2 fully saturated rings. The molecule has 3 rings (SSSR count). The number of hydrogen-bond acceptors (Lipinski definition) is 4. The maximum atomic E-state index is 12.7. The highest BCUT2D eigenvalue weighted by Crippen LogP contribution is 2.32. The summed E-state index contributed by atoms with van der Waals surface area (Å²) in [6.07, 6.45) is 2.95. The van der Waals surface area contributed by atoms with Crippen LogP contribution in [0.4, 0.5) is 0 Å². The van der Waals surface area contributed by atoms with E-state index < -0.39 is 10.0 Å². The number of amides is 1. The van der Waals surface area contributed by atoms with Crippen molar-refractivity contribution in [1.29, 1.82) is 0 Å². The molecule has 2 aliphatic rings. The number of carbonyl (C=O) groups excluding carboxylic acids is 1. The molecule has 0 bridgehead atoms. The second kappa shape index (κ2) is 8.89. The molecule has 0 aromatic heterocycles. The number of piperazine rings is 1. The summed E-state index contributed by atoms with van der Waals surface area (Å²) in [5, 5.41) is 0.500. The maximum absolute atomic E-state index is 12.7. The van der Waals surface area contributed by atoms with Gasteiger partial charge in [-0.1, -0.05) is 18.0 Å². The lowest BCUT2D eigenvalue weighted by Gasteiger charge is -2.36. The first-order valence-corrected chi connectivity index (χ1v) is 10.5. The van der Waals surface area contributed by atoms with Crippen LogP contribution in [0.2, 0.25) is 5.02 Å². The Balaban J connectivity index is 0.00000243. The van der Waals surface area contributed by atoms with Crippen molar-refractivity contribution in [2.24, 2.45) is 17.6 Å². The first kappa shape index (κ1) is 21.4. The van der Waals surface area contributed by atoms with Crippen LogP contribution in [0.15, 0.2) is 29.2 Å². The van der Waals surface area contributed by atoms with Crippen molar-refractivity contribution in [3.8, 4) is 0 Å². The number of carbonyl (C=O) groups is 1. The molecule has 1 heterocycles. The van der Waals surface area contributed by atoms with Gasteiger partial charge in [-0.3, -0.25) is 4.79 Å². The van der Waals surface area contributed by atoms with Gasteiger partial charge in [0.1, 0.15) is 0 Å². The predicted molar refractivity (Wildman–Crippen MR) is 104 cm³/mol. The van der Waals surface area contributed by atoms with Crippen LogP contribution in [0.1, 0.15) is 19.3 Å². The minimum absolute atomic E-state index is 0. The topological polar surface area (TPSA) is 83.7 Å². The molecule has 26 heavy (non-hydrogen) atoms. The third-order valence-electron chi connectivity index (χ3n) is 5.28. The molecule has 2 N–H and O–H groups in total. The second-order valence-corrected chi connectivity index (χ2v) is 9.09. The molecule has 6 nitrogen and oxygen atoms in total. The van der Waals surface area contributed by atoms with E-state index in [2.05, 4.69) is 0 Å². The molecule has 0 unspecified atom stereocenters. The van der Waals surface area contributed by atoms with Gasteiger partial charge in [0, 0.05) is 37.1 Å². The zero-order valence-electron chi connectivity index (χ0n) is 14.5. The van der Waals surface area contributed by atoms with Gasteiger partial charge in [-0.15, -0.1) is 12.4 Å². The fourth-order valence-electron chi connectivity index (χ4n) is 3.78. The molecule has 1 saturated heterocycles. The van der Waals surface area contributed by atoms with Gasteiger partial charge in [0.15, 0.2) is 0 Å². The average Bonchev–Trinajstić information content (AvgIpc) is 3.10. The third kappa shape index (κ3) is 4.34. The van der Waals surface area contributed by atoms with E-state index in [4.69, 9.17) is 17.3 Å². The fourth-order valence-corrected chi connectivity index (χ4v) is 5.33. The van der Waals surface area contributed by atoms with Gasteiger partial charge in [-0.2, -0.15) is 4.31 Å². The third-order valence-corrected chi connectivity index (χ3v) is 7.45. The molecule has 9 heteroatoms. The molecule has 1 amide bonds. The van der Waals surface area contributed by atoms with Crippen molar-refractivity contribution in [2.75, 3.05) is 32.7 Å². The summed E-state index contributed by atoms with van der Waals surface area (Å²) in [6, 6.07) is 6.17. The molecule has 0 radical (unpaired) electrons. The molecule has 1 aromatic carbocycles. The van der Waals surface area contributed by atoms with Crippen LogP contribution < -0.4 is 5.73 Å². The number of benzene rings is 1. The second-order valence-electron chi connectivity index (χ2n) is 6.72. The lowest BCUT2D eigenvalue weighted by Crippen LogP contribution is -2.52. The van der Waals surface area contributed by atoms with Crippen molar-refractivity contribution < 1.29 is 13.2 Å². The van der Waals surface area contributed by atoms with E-state index in [0.717, 1.165) is 19.3 Å². The zero-order valence-corrected chi connectivity index (χ0v) is 16.9. The Bertz CT molecular complexity index is 719. The number of nitrogens with two attached hydrogens (primary N) is 1. The predicted octanol–water partition coefficient (Wildman–Crippen LogP) is 1.97. The molecular weight excluding hydrogens is 397 g/mol. The Kier molecular flexibility index (Phi) is 7.33. The van der Waals surface area contributed by atoms with Gasteiger partial charge >= 0.3 is 0 Å². The van der Waals surface area contributed by atoms with Crippen LogP contribution in [0.5, 0.6) is 0 Å². The van der Waals surface area contributed by atoms with Crippen molar-refractivity contribution in [3.63, 3.8) is 0 Å². The minimum Gasteiger partial charge on any atom is -0.340 e. The largest absolute Gasteiger partial charge is 0.340 e. The minimum atomic E-state index is -3.55. The molecule has 1 saturated carbocycles. The van der Waals surface area contributed by atoms with Crippen LogP contribution in [0, 0.1) is 11.8 Å². The lowest BCUT2D eigenvalue weighted by molar-refractivity contribution is -0.137. The fraction of sp³-hybridized carbons (Fsp3) is 0.588. The average molecular weight is 422 g/mol. The van der Waals surface area contributed by atoms with Gasteiger partial charge in [0.05, 0.1) is 4.90 Å². The first-order valence-electron chi connectivity index (χ1n) is 8.68. The standard InChI is InChI=1S/C17H24ClN3O3S.ClH/c18-14-4-6-15(7-5-14)25(23,24)21-10-8-20(9-11-21)17(22)16-3-1-2-13(16)12-19;/h4-7,13,16H,1-3,8-12,19H2;1H/t13-,16-;/m1./s1. The molecule has 2 atom stereocenters. The molecule has 1 aliphatic heterocycles. The van der Waals surface area contributed by atoms with Crippen LogP contribution in [0.3, 0.4) is 0 Å². The Hall–Kier alpha value is -0.860. The van der Waals surface area contributed by atoms with Crippen LogP contribution >= 0.6 is 24.0 Å². The van der Waals surface area contributed by atoms with E-state index in [1.165, 1.54) is 16.4 Å². The summed E-state index contributed by atoms with van der Waals surface area (Å²) in [5.41, 5.74) is 5.78. The van der Waals surface area contributed by atoms with Crippen molar-refractivity contribution in [2.45, 2.75) is 24.2 Å². The van der Waals surface area contributed by atoms with E-state index in [0.29, 0.717) is 37.7 Å². The summed E-state index contributed by atoms with van der Waals surface area (Å²) in [5.74, 6) is 0.407. The SMILES string of the molecule is Cl.NC[C@H]1CCC[C@H]1C(=O)N1CCN(S(=O)(=O)c2ccc(Cl)cc2)CC1. The summed E-state index contributed by atoms with van der Waals surface area (Å²) in [4.78, 5) is 14.8. The lowest BCUT2D eigenvalue weighted by atomic mass is 9.94. The summed E-state index contributed by atoms with van der Waals surface area (Å²) in [7, 11) is -3.55. The zero-order chi connectivity index (χ0) is 18.0. The van der Waals surface area contributed by atoms with Crippen molar-refractivity contribution >= 4 is 39.9 Å². The molecule has 1 aromatic rings. The van der Waals surface area contributed by atoms with Crippen molar-refractivity contribution in [1.82, 2.24) is 9.21 Å². The van der Waals surface area contributed by atoms with E-state index in [9.17, 15) is 13.2 Å². The summed E-state index contributed by atoms with van der Waals surface area (Å²) in [6.45, 7) is 2.04. The molecule has 0 spiro atoms. The quantitative estimate of drug-likeness (QED) is 0.804. The molecular formula is C17H25Cl2N3O3S.